The van der Waals surface area contributed by atoms with Crippen LogP contribution < -0.4 is 11.1 Å². The van der Waals surface area contributed by atoms with Crippen LogP contribution in [0.3, 0.4) is 0 Å². The third kappa shape index (κ3) is 5.05. The molecule has 1 unspecified atom stereocenters. The van der Waals surface area contributed by atoms with Crippen LogP contribution in [0.25, 0.3) is 0 Å². The minimum atomic E-state index is -0.733. The average molecular weight is 464 g/mol. The molecule has 2 amide bonds. The Morgan fingerprint density at radius 2 is 2.13 bits per heavy atom. The number of likely N-dealkylation sites (tertiary alicyclic amines) is 1. The molecule has 2 aliphatic rings. The number of fused-ring (bicyclic) bond motifs is 1. The summed E-state index contributed by atoms with van der Waals surface area (Å²) in [5.74, 6) is 0.0894. The first-order valence-electron chi connectivity index (χ1n) is 10.7. The van der Waals surface area contributed by atoms with E-state index < -0.39 is 12.1 Å². The van der Waals surface area contributed by atoms with Gasteiger partial charge in [0.25, 0.3) is 0 Å². The highest BCUT2D eigenvalue weighted by atomic mass is 35.5. The van der Waals surface area contributed by atoms with Crippen LogP contribution in [0.2, 0.25) is 10.0 Å². The summed E-state index contributed by atoms with van der Waals surface area (Å²) in [6.45, 7) is 1.16. The third-order valence-electron chi connectivity index (χ3n) is 6.28. The third-order valence-corrected chi connectivity index (χ3v) is 7.02. The molecule has 2 aromatic rings. The molecule has 0 spiro atoms. The zero-order valence-electron chi connectivity index (χ0n) is 17.2. The van der Waals surface area contributed by atoms with Gasteiger partial charge in [-0.2, -0.15) is 5.10 Å². The lowest BCUT2D eigenvalue weighted by atomic mass is 9.88. The number of amides is 2. The molecule has 1 aliphatic heterocycles. The van der Waals surface area contributed by atoms with Gasteiger partial charge in [-0.05, 0) is 67.7 Å². The minimum absolute atomic E-state index is 0.0921. The van der Waals surface area contributed by atoms with Crippen LogP contribution in [0.5, 0.6) is 0 Å². The molecule has 1 aliphatic carbocycles. The number of benzene rings is 1. The highest BCUT2D eigenvalue weighted by Gasteiger charge is 2.36. The number of aromatic amines is 1. The molecular weight excluding hydrogens is 437 g/mol. The second kappa shape index (κ2) is 9.59. The highest BCUT2D eigenvalue weighted by molar-refractivity contribution is 6.42. The summed E-state index contributed by atoms with van der Waals surface area (Å²) in [5, 5.41) is 11.1. The summed E-state index contributed by atoms with van der Waals surface area (Å²) >= 11 is 12.0. The predicted molar refractivity (Wildman–Crippen MR) is 120 cm³/mol. The van der Waals surface area contributed by atoms with Crippen molar-refractivity contribution < 1.29 is 9.59 Å². The topological polar surface area (TPSA) is 104 Å². The summed E-state index contributed by atoms with van der Waals surface area (Å²) in [7, 11) is 0. The summed E-state index contributed by atoms with van der Waals surface area (Å²) in [6, 6.07) is 4.04. The molecule has 0 radical (unpaired) electrons. The second-order valence-corrected chi connectivity index (χ2v) is 9.29. The number of halogens is 2. The smallest absolute Gasteiger partial charge is 0.242 e. The minimum Gasteiger partial charge on any atom is -0.354 e. The zero-order valence-corrected chi connectivity index (χ0v) is 18.8. The Bertz CT molecular complexity index is 963. The van der Waals surface area contributed by atoms with E-state index in [0.717, 1.165) is 31.2 Å². The zero-order chi connectivity index (χ0) is 22.0. The molecular formula is C22H27Cl2N5O2. The first-order valence-corrected chi connectivity index (χ1v) is 11.5. The van der Waals surface area contributed by atoms with Crippen LogP contribution in [0.1, 0.15) is 36.1 Å². The number of nitrogens with one attached hydrogen (secondary N) is 2. The van der Waals surface area contributed by atoms with Crippen molar-refractivity contribution in [3.05, 3.63) is 51.3 Å². The van der Waals surface area contributed by atoms with E-state index in [9.17, 15) is 9.59 Å². The molecule has 1 fully saturated rings. The van der Waals surface area contributed by atoms with E-state index in [4.69, 9.17) is 28.9 Å². The van der Waals surface area contributed by atoms with Crippen LogP contribution >= 0.6 is 23.2 Å². The van der Waals surface area contributed by atoms with Crippen molar-refractivity contribution in [3.8, 4) is 0 Å². The van der Waals surface area contributed by atoms with Crippen LogP contribution in [-0.2, 0) is 28.9 Å². The highest BCUT2D eigenvalue weighted by Crippen LogP contribution is 2.25. The molecule has 9 heteroatoms. The Kier molecular flexibility index (Phi) is 6.84. The monoisotopic (exact) mass is 463 g/mol. The van der Waals surface area contributed by atoms with E-state index in [0.29, 0.717) is 41.9 Å². The molecule has 1 aromatic heterocycles. The maximum absolute atomic E-state index is 13.0. The fourth-order valence-electron chi connectivity index (χ4n) is 4.55. The van der Waals surface area contributed by atoms with Crippen LogP contribution in [0, 0.1) is 5.92 Å². The molecule has 4 N–H and O–H groups in total. The number of hydrogen-bond acceptors (Lipinski definition) is 4. The van der Waals surface area contributed by atoms with Crippen molar-refractivity contribution in [1.29, 1.82) is 0 Å². The van der Waals surface area contributed by atoms with Crippen molar-refractivity contribution >= 4 is 35.0 Å². The van der Waals surface area contributed by atoms with Crippen molar-refractivity contribution in [3.63, 3.8) is 0 Å². The molecule has 0 bridgehead atoms. The van der Waals surface area contributed by atoms with Gasteiger partial charge in [0.15, 0.2) is 0 Å². The van der Waals surface area contributed by atoms with Gasteiger partial charge in [0.2, 0.25) is 11.8 Å². The van der Waals surface area contributed by atoms with Gasteiger partial charge in [-0.15, -0.1) is 0 Å². The summed E-state index contributed by atoms with van der Waals surface area (Å²) in [4.78, 5) is 27.5. The Labute approximate surface area is 191 Å². The number of aromatic nitrogens is 2. The van der Waals surface area contributed by atoms with Gasteiger partial charge in [-0.3, -0.25) is 14.7 Å². The SMILES string of the molecule is N[C@H](Cc1ccc(Cl)c(Cl)c1)C(=O)N1CCC[C@H]1C(=O)NCC1CCc2[nH]ncc2C1. The van der Waals surface area contributed by atoms with Gasteiger partial charge in [0, 0.05) is 18.8 Å². The quantitative estimate of drug-likeness (QED) is 0.611. The Morgan fingerprint density at radius 3 is 2.94 bits per heavy atom. The number of carbonyl (C=O) groups excluding carboxylic acids is 2. The van der Waals surface area contributed by atoms with E-state index in [1.54, 1.807) is 17.0 Å². The first-order chi connectivity index (χ1) is 14.9. The van der Waals surface area contributed by atoms with Crippen LogP contribution in [0.15, 0.2) is 24.4 Å². The van der Waals surface area contributed by atoms with Crippen molar-refractivity contribution in [1.82, 2.24) is 20.4 Å². The standard InChI is InChI=1S/C22H27Cl2N5O2/c23-16-5-3-13(9-17(16)24)10-18(25)22(31)29-7-1-2-20(29)21(30)26-11-14-4-6-19-15(8-14)12-27-28-19/h3,5,9,12,14,18,20H,1-2,4,6-8,10-11,25H2,(H,26,30)(H,27,28)/t14?,18-,20+/m1/s1. The molecule has 1 saturated heterocycles. The summed E-state index contributed by atoms with van der Waals surface area (Å²) in [5.41, 5.74) is 9.47. The number of carbonyl (C=O) groups is 2. The lowest BCUT2D eigenvalue weighted by Crippen LogP contribution is -2.52. The molecule has 2 heterocycles. The Balaban J connectivity index is 1.31. The molecule has 31 heavy (non-hydrogen) atoms. The van der Waals surface area contributed by atoms with Gasteiger partial charge >= 0.3 is 0 Å². The first kappa shape index (κ1) is 22.1. The Hall–Kier alpha value is -2.09. The molecule has 0 saturated carbocycles. The van der Waals surface area contributed by atoms with Gasteiger partial charge in [-0.25, -0.2) is 0 Å². The summed E-state index contributed by atoms with van der Waals surface area (Å²) in [6.07, 6.45) is 6.54. The van der Waals surface area contributed by atoms with Crippen molar-refractivity contribution in [2.45, 2.75) is 50.6 Å². The normalized spacial score (nSPS) is 21.6. The average Bonchev–Trinajstić information content (AvgIpc) is 3.43. The predicted octanol–water partition coefficient (Wildman–Crippen LogP) is 2.50. The fraction of sp³-hybridized carbons (Fsp3) is 0.500. The Morgan fingerprint density at radius 1 is 1.29 bits per heavy atom. The van der Waals surface area contributed by atoms with Gasteiger partial charge in [0.05, 0.1) is 22.3 Å². The number of hydrogen-bond donors (Lipinski definition) is 3. The van der Waals surface area contributed by atoms with Gasteiger partial charge < -0.3 is 16.0 Å². The lowest BCUT2D eigenvalue weighted by molar-refractivity contribution is -0.139. The lowest BCUT2D eigenvalue weighted by Gasteiger charge is -2.28. The number of nitrogens with two attached hydrogens (primary N) is 1. The number of rotatable bonds is 6. The number of nitrogens with zero attached hydrogens (tertiary/aromatic N) is 2. The van der Waals surface area contributed by atoms with Gasteiger partial charge in [-0.1, -0.05) is 29.3 Å². The van der Waals surface area contributed by atoms with E-state index in [1.165, 1.54) is 11.3 Å². The second-order valence-electron chi connectivity index (χ2n) is 8.48. The number of aryl methyl sites for hydroxylation is 1. The van der Waals surface area contributed by atoms with Gasteiger partial charge in [0.1, 0.15) is 6.04 Å². The van der Waals surface area contributed by atoms with Crippen LogP contribution in [0.4, 0.5) is 0 Å². The maximum Gasteiger partial charge on any atom is 0.242 e. The van der Waals surface area contributed by atoms with E-state index >= 15 is 0 Å². The fourth-order valence-corrected chi connectivity index (χ4v) is 4.87. The number of H-pyrrole nitrogens is 1. The molecule has 1 aromatic carbocycles. The maximum atomic E-state index is 13.0. The van der Waals surface area contributed by atoms with Crippen molar-refractivity contribution in [2.24, 2.45) is 11.7 Å². The van der Waals surface area contributed by atoms with E-state index in [1.807, 2.05) is 12.3 Å². The van der Waals surface area contributed by atoms with E-state index in [2.05, 4.69) is 15.5 Å². The molecule has 4 rings (SSSR count). The van der Waals surface area contributed by atoms with Crippen molar-refractivity contribution in [2.75, 3.05) is 13.1 Å². The largest absolute Gasteiger partial charge is 0.354 e. The molecule has 3 atom stereocenters. The van der Waals surface area contributed by atoms with Crippen LogP contribution in [-0.4, -0.2) is 52.1 Å². The molecule has 166 valence electrons. The van der Waals surface area contributed by atoms with E-state index in [-0.39, 0.29) is 11.8 Å². The molecule has 7 nitrogen and oxygen atoms in total. The summed E-state index contributed by atoms with van der Waals surface area (Å²) < 4.78 is 0.